The van der Waals surface area contributed by atoms with Crippen molar-refractivity contribution in [3.8, 4) is 11.1 Å². The Morgan fingerprint density at radius 2 is 1.90 bits per heavy atom. The van der Waals surface area contributed by atoms with Gasteiger partial charge in [0.05, 0.1) is 0 Å². The topological polar surface area (TPSA) is 53.2 Å². The van der Waals surface area contributed by atoms with Crippen LogP contribution in [0.25, 0.3) is 11.1 Å². The molecule has 2 rings (SSSR count). The maximum absolute atomic E-state index is 12.6. The zero-order valence-electron chi connectivity index (χ0n) is 12.4. The number of H-pyrrole nitrogens is 1. The number of benzene rings is 1. The molecular weight excluding hydrogens is 264 g/mol. The molecular formula is C17H20N2O2. The summed E-state index contributed by atoms with van der Waals surface area (Å²) in [4.78, 5) is 28.9. The predicted octanol–water partition coefficient (Wildman–Crippen LogP) is 2.91. The number of aromatic nitrogens is 1. The first kappa shape index (κ1) is 15.0. The minimum atomic E-state index is -0.343. The first-order chi connectivity index (χ1) is 10.1. The summed E-state index contributed by atoms with van der Waals surface area (Å²) >= 11 is 0. The summed E-state index contributed by atoms with van der Waals surface area (Å²) in [5.74, 6) is -0.232. The highest BCUT2D eigenvalue weighted by molar-refractivity contribution is 6.00. The second-order valence-electron chi connectivity index (χ2n) is 5.04. The van der Waals surface area contributed by atoms with E-state index in [0.29, 0.717) is 12.1 Å². The average molecular weight is 284 g/mol. The fourth-order valence-corrected chi connectivity index (χ4v) is 2.24. The van der Waals surface area contributed by atoms with Gasteiger partial charge in [-0.1, -0.05) is 43.7 Å². The van der Waals surface area contributed by atoms with E-state index in [1.54, 1.807) is 24.2 Å². The lowest BCUT2D eigenvalue weighted by molar-refractivity contribution is 0.0792. The molecule has 0 aliphatic carbocycles. The van der Waals surface area contributed by atoms with Gasteiger partial charge in [0.15, 0.2) is 0 Å². The molecule has 4 heteroatoms. The molecule has 0 radical (unpaired) electrons. The molecule has 1 aromatic carbocycles. The van der Waals surface area contributed by atoms with E-state index in [1.807, 2.05) is 30.3 Å². The van der Waals surface area contributed by atoms with Crippen LogP contribution in [0, 0.1) is 0 Å². The number of nitrogens with zero attached hydrogens (tertiary/aromatic N) is 1. The molecule has 0 unspecified atom stereocenters. The summed E-state index contributed by atoms with van der Waals surface area (Å²) in [6.45, 7) is 2.72. The van der Waals surface area contributed by atoms with Crippen molar-refractivity contribution in [3.63, 3.8) is 0 Å². The highest BCUT2D eigenvalue weighted by Crippen LogP contribution is 2.21. The van der Waals surface area contributed by atoms with Gasteiger partial charge in [-0.2, -0.15) is 0 Å². The molecule has 0 saturated carbocycles. The number of carbonyl (C=O) groups excluding carboxylic acids is 1. The van der Waals surface area contributed by atoms with E-state index in [-0.39, 0.29) is 17.0 Å². The van der Waals surface area contributed by atoms with Gasteiger partial charge < -0.3 is 9.88 Å². The van der Waals surface area contributed by atoms with E-state index < -0.39 is 0 Å². The van der Waals surface area contributed by atoms with Crippen LogP contribution in [-0.2, 0) is 0 Å². The zero-order chi connectivity index (χ0) is 15.2. The Labute approximate surface area is 124 Å². The van der Waals surface area contributed by atoms with Crippen molar-refractivity contribution in [1.29, 1.82) is 0 Å². The van der Waals surface area contributed by atoms with Gasteiger partial charge in [0.2, 0.25) is 0 Å². The number of nitrogens with one attached hydrogen (secondary N) is 1. The Balaban J connectivity index is 2.44. The fourth-order valence-electron chi connectivity index (χ4n) is 2.24. The standard InChI is InChI=1S/C17H20N2O2/c1-3-4-12-19(2)17(21)15-14(10-11-18-16(15)20)13-8-6-5-7-9-13/h5-11H,3-4,12H2,1-2H3,(H,18,20). The van der Waals surface area contributed by atoms with E-state index in [2.05, 4.69) is 11.9 Å². The number of rotatable bonds is 5. The monoisotopic (exact) mass is 284 g/mol. The molecule has 1 aromatic heterocycles. The molecule has 4 nitrogen and oxygen atoms in total. The maximum atomic E-state index is 12.6. The van der Waals surface area contributed by atoms with Crippen molar-refractivity contribution in [1.82, 2.24) is 9.88 Å². The molecule has 1 N–H and O–H groups in total. The Morgan fingerprint density at radius 1 is 1.19 bits per heavy atom. The van der Waals surface area contributed by atoms with Crippen molar-refractivity contribution in [3.05, 3.63) is 58.5 Å². The van der Waals surface area contributed by atoms with Crippen LogP contribution in [0.3, 0.4) is 0 Å². The number of hydrogen-bond acceptors (Lipinski definition) is 2. The molecule has 21 heavy (non-hydrogen) atoms. The lowest BCUT2D eigenvalue weighted by Crippen LogP contribution is -2.33. The summed E-state index contributed by atoms with van der Waals surface area (Å²) in [7, 11) is 1.74. The summed E-state index contributed by atoms with van der Waals surface area (Å²) < 4.78 is 0. The summed E-state index contributed by atoms with van der Waals surface area (Å²) in [6.07, 6.45) is 3.51. The molecule has 1 amide bonds. The second-order valence-corrected chi connectivity index (χ2v) is 5.04. The Bertz CT molecular complexity index is 662. The van der Waals surface area contributed by atoms with Crippen molar-refractivity contribution in [2.24, 2.45) is 0 Å². The smallest absolute Gasteiger partial charge is 0.261 e. The van der Waals surface area contributed by atoms with E-state index >= 15 is 0 Å². The maximum Gasteiger partial charge on any atom is 0.261 e. The van der Waals surface area contributed by atoms with Crippen LogP contribution >= 0.6 is 0 Å². The van der Waals surface area contributed by atoms with Gasteiger partial charge in [-0.15, -0.1) is 0 Å². The normalized spacial score (nSPS) is 10.4. The second kappa shape index (κ2) is 6.88. The third-order valence-corrected chi connectivity index (χ3v) is 3.45. The molecule has 0 atom stereocenters. The van der Waals surface area contributed by atoms with Gasteiger partial charge in [0.25, 0.3) is 11.5 Å². The highest BCUT2D eigenvalue weighted by atomic mass is 16.2. The Morgan fingerprint density at radius 3 is 2.57 bits per heavy atom. The predicted molar refractivity (Wildman–Crippen MR) is 84.4 cm³/mol. The lowest BCUT2D eigenvalue weighted by Gasteiger charge is -2.18. The number of pyridine rings is 1. The van der Waals surface area contributed by atoms with Gasteiger partial charge >= 0.3 is 0 Å². The molecule has 0 spiro atoms. The Kier molecular flexibility index (Phi) is 4.93. The summed E-state index contributed by atoms with van der Waals surface area (Å²) in [5, 5.41) is 0. The minimum Gasteiger partial charge on any atom is -0.342 e. The zero-order valence-corrected chi connectivity index (χ0v) is 12.4. The van der Waals surface area contributed by atoms with Crippen molar-refractivity contribution < 1.29 is 4.79 Å². The van der Waals surface area contributed by atoms with Gasteiger partial charge in [-0.25, -0.2) is 0 Å². The van der Waals surface area contributed by atoms with Crippen LogP contribution in [0.5, 0.6) is 0 Å². The van der Waals surface area contributed by atoms with Crippen LogP contribution in [-0.4, -0.2) is 29.4 Å². The van der Waals surface area contributed by atoms with Crippen molar-refractivity contribution in [2.45, 2.75) is 19.8 Å². The summed E-state index contributed by atoms with van der Waals surface area (Å²) in [6, 6.07) is 11.3. The van der Waals surface area contributed by atoms with Crippen LogP contribution in [0.4, 0.5) is 0 Å². The van der Waals surface area contributed by atoms with E-state index in [4.69, 9.17) is 0 Å². The largest absolute Gasteiger partial charge is 0.342 e. The first-order valence-corrected chi connectivity index (χ1v) is 7.17. The van der Waals surface area contributed by atoms with Gasteiger partial charge in [-0.3, -0.25) is 9.59 Å². The SMILES string of the molecule is CCCCN(C)C(=O)c1c(-c2ccccc2)cc[nH]c1=O. The highest BCUT2D eigenvalue weighted by Gasteiger charge is 2.20. The van der Waals surface area contributed by atoms with Crippen molar-refractivity contribution >= 4 is 5.91 Å². The Hall–Kier alpha value is -2.36. The number of amides is 1. The molecule has 0 fully saturated rings. The number of unbranched alkanes of at least 4 members (excludes halogenated alkanes) is 1. The molecule has 0 bridgehead atoms. The molecule has 1 heterocycles. The molecule has 0 saturated heterocycles. The van der Waals surface area contributed by atoms with E-state index in [1.165, 1.54) is 0 Å². The van der Waals surface area contributed by atoms with Crippen molar-refractivity contribution in [2.75, 3.05) is 13.6 Å². The van der Waals surface area contributed by atoms with Gasteiger partial charge in [0, 0.05) is 25.4 Å². The van der Waals surface area contributed by atoms with Crippen LogP contribution in [0.2, 0.25) is 0 Å². The van der Waals surface area contributed by atoms with Gasteiger partial charge in [0.1, 0.15) is 5.56 Å². The summed E-state index contributed by atoms with van der Waals surface area (Å²) in [5.41, 5.74) is 1.41. The third kappa shape index (κ3) is 3.40. The van der Waals surface area contributed by atoms with Crippen LogP contribution < -0.4 is 5.56 Å². The van der Waals surface area contributed by atoms with E-state index in [9.17, 15) is 9.59 Å². The molecule has 0 aliphatic rings. The van der Waals surface area contributed by atoms with Gasteiger partial charge in [-0.05, 0) is 18.1 Å². The van der Waals surface area contributed by atoms with Crippen LogP contribution in [0.15, 0.2) is 47.4 Å². The first-order valence-electron chi connectivity index (χ1n) is 7.17. The quantitative estimate of drug-likeness (QED) is 0.917. The molecule has 110 valence electrons. The van der Waals surface area contributed by atoms with Crippen LogP contribution in [0.1, 0.15) is 30.1 Å². The minimum absolute atomic E-state index is 0.210. The average Bonchev–Trinajstić information content (AvgIpc) is 2.52. The van der Waals surface area contributed by atoms with E-state index in [0.717, 1.165) is 18.4 Å². The molecule has 2 aromatic rings. The fraction of sp³-hybridized carbons (Fsp3) is 0.294. The number of carbonyl (C=O) groups is 1. The molecule has 0 aliphatic heterocycles. The third-order valence-electron chi connectivity index (χ3n) is 3.45. The number of hydrogen-bond donors (Lipinski definition) is 1. The number of aromatic amines is 1. The lowest BCUT2D eigenvalue weighted by atomic mass is 10.0.